The molecule has 16 N–H and O–H groups in total. The molecule has 0 aliphatic heterocycles. The van der Waals surface area contributed by atoms with E-state index in [0.29, 0.717) is 22.9 Å². The highest BCUT2D eigenvalue weighted by Gasteiger charge is 2.36. The van der Waals surface area contributed by atoms with Gasteiger partial charge in [-0.15, -0.1) is 0 Å². The Balaban J connectivity index is 1.04. The van der Waals surface area contributed by atoms with Crippen molar-refractivity contribution in [3.63, 3.8) is 0 Å². The third kappa shape index (κ3) is 19.4. The molecule has 0 spiro atoms. The van der Waals surface area contributed by atoms with E-state index in [1.807, 2.05) is 59.2 Å². The number of anilines is 2. The summed E-state index contributed by atoms with van der Waals surface area (Å²) in [5.41, 5.74) is 10.2. The van der Waals surface area contributed by atoms with Crippen LogP contribution >= 0.6 is 24.4 Å². The first-order valence-electron chi connectivity index (χ1n) is 26.8. The van der Waals surface area contributed by atoms with Gasteiger partial charge in [0.15, 0.2) is 11.2 Å². The van der Waals surface area contributed by atoms with E-state index in [1.54, 1.807) is 0 Å². The summed E-state index contributed by atoms with van der Waals surface area (Å²) in [5, 5.41) is 66.9. The van der Waals surface area contributed by atoms with Gasteiger partial charge in [0.25, 0.3) is 11.5 Å². The number of carbonyl (C=O) groups is 12. The number of benzene rings is 3. The minimum absolute atomic E-state index is 0.0201. The summed E-state index contributed by atoms with van der Waals surface area (Å²) in [6.45, 7) is -0.611. The number of thioether (sulfide) groups is 1. The van der Waals surface area contributed by atoms with Crippen molar-refractivity contribution >= 4 is 118 Å². The minimum atomic E-state index is -2.23. The molecule has 0 saturated heterocycles. The molecule has 2 aromatic heterocycles. The third-order valence-electron chi connectivity index (χ3n) is 13.3. The van der Waals surface area contributed by atoms with Gasteiger partial charge in [0, 0.05) is 48.1 Å². The Hall–Kier alpha value is -10.2. The van der Waals surface area contributed by atoms with Gasteiger partial charge < -0.3 is 73.8 Å². The van der Waals surface area contributed by atoms with E-state index in [9.17, 15) is 87.9 Å². The van der Waals surface area contributed by atoms with Crippen molar-refractivity contribution in [1.82, 2.24) is 57.2 Å². The molecule has 0 bridgehead atoms. The molecule has 1 aliphatic rings. The minimum Gasteiger partial charge on any atom is -0.481 e. The van der Waals surface area contributed by atoms with Crippen LogP contribution in [0, 0.1) is 0 Å². The lowest BCUT2D eigenvalue weighted by Gasteiger charge is -2.26. The lowest BCUT2D eigenvalue weighted by Crippen LogP contribution is -2.61. The number of carboxylic acid groups (broad SMARTS) is 5. The van der Waals surface area contributed by atoms with Gasteiger partial charge in [0.05, 0.1) is 37.7 Å². The van der Waals surface area contributed by atoms with E-state index in [1.165, 1.54) is 42.2 Å². The highest BCUT2D eigenvalue weighted by atomic mass is 32.2. The molecule has 7 amide bonds. The van der Waals surface area contributed by atoms with Crippen LogP contribution in [0.2, 0.25) is 0 Å². The maximum absolute atomic E-state index is 13.8. The van der Waals surface area contributed by atoms with E-state index in [0.717, 1.165) is 22.3 Å². The average molecular weight is 1260 g/mol. The van der Waals surface area contributed by atoms with Crippen LogP contribution in [-0.2, 0) is 59.3 Å². The summed E-state index contributed by atoms with van der Waals surface area (Å²) in [4.78, 5) is 181. The molecule has 88 heavy (non-hydrogen) atoms. The number of nitrogens with zero attached hydrogens (tertiary/aromatic N) is 3. The van der Waals surface area contributed by atoms with Crippen molar-refractivity contribution in [1.29, 1.82) is 0 Å². The van der Waals surface area contributed by atoms with Crippen LogP contribution in [0.1, 0.15) is 78.0 Å². The number of nitrogen functional groups attached to an aromatic ring is 1. The number of nitrogens with one attached hydrogen (secondary N) is 9. The number of aromatic nitrogens is 4. The Labute approximate surface area is 508 Å². The van der Waals surface area contributed by atoms with Crippen LogP contribution in [0.4, 0.5) is 11.6 Å². The molecule has 33 heteroatoms. The summed E-state index contributed by atoms with van der Waals surface area (Å²) in [6, 6.07) is 9.96. The second-order valence-corrected chi connectivity index (χ2v) is 21.3. The number of thiol groups is 1. The van der Waals surface area contributed by atoms with Gasteiger partial charge in [0.2, 0.25) is 41.4 Å². The topological polar surface area (TPSA) is 500 Å². The maximum Gasteiger partial charge on any atom is 0.326 e. The standard InChI is InChI=1S/C55H61N13O18S2/c56-55-67-46-45(52(82)68-55)60-28(23-59-46)22-57-27-11-9-26(10-12-27)47(77)62-34(53(83)84)13-14-41(70)61-36(19-42(71)72)48(78)64-37(20-43(73)74)49(79)65-38(21-44(75)76)50(80)66-39(51(81)63-35(15-17-87)54(85)86)24-58-40(69)16-18-88-25-33-31-7-3-1-5-29(31)30-6-2-4-8-32(30)33/h1-12,23,33-39,57,87H,13-22,24-25H2,(H,58,69)(H,61,70)(H,62,77)(H,63,81)(H,64,78)(H,65,79)(H,66,80)(H,71,72)(H,73,74)(H,75,76)(H,83,84)(H,85,86)(H3,56,59,67,68,82)/t34-,35-,36-,37-,38-,39-/m0/s1. The number of hydrogen-bond acceptors (Lipinski definition) is 20. The normalized spacial score (nSPS) is 13.5. The fraction of sp³-hybridized carbons (Fsp3) is 0.345. The van der Waals surface area contributed by atoms with Gasteiger partial charge in [-0.1, -0.05) is 48.5 Å². The van der Waals surface area contributed by atoms with Gasteiger partial charge in [-0.3, -0.25) is 57.7 Å². The van der Waals surface area contributed by atoms with Crippen LogP contribution < -0.4 is 53.8 Å². The van der Waals surface area contributed by atoms with E-state index in [4.69, 9.17) is 5.73 Å². The first-order chi connectivity index (χ1) is 41.9. The molecule has 6 atom stereocenters. The predicted molar refractivity (Wildman–Crippen MR) is 315 cm³/mol. The average Bonchev–Trinajstić information content (AvgIpc) is 1.68. The Morgan fingerprint density at radius 3 is 1.66 bits per heavy atom. The molecule has 2 heterocycles. The van der Waals surface area contributed by atoms with Crippen molar-refractivity contribution < 1.29 is 83.1 Å². The monoisotopic (exact) mass is 1260 g/mol. The van der Waals surface area contributed by atoms with Crippen LogP contribution in [0.3, 0.4) is 0 Å². The molecular formula is C55H61N13O18S2. The Morgan fingerprint density at radius 1 is 0.602 bits per heavy atom. The predicted octanol–water partition coefficient (Wildman–Crippen LogP) is -0.825. The van der Waals surface area contributed by atoms with Crippen LogP contribution in [0.5, 0.6) is 0 Å². The number of amides is 7. The highest BCUT2D eigenvalue weighted by molar-refractivity contribution is 7.99. The van der Waals surface area contributed by atoms with Crippen LogP contribution in [0.15, 0.2) is 83.8 Å². The molecule has 0 saturated carbocycles. The Morgan fingerprint density at radius 2 is 1.11 bits per heavy atom. The number of aromatic amines is 1. The zero-order valence-electron chi connectivity index (χ0n) is 46.4. The summed E-state index contributed by atoms with van der Waals surface area (Å²) in [7, 11) is 0. The smallest absolute Gasteiger partial charge is 0.326 e. The molecular weight excluding hydrogens is 1190 g/mol. The third-order valence-corrected chi connectivity index (χ3v) is 14.6. The number of aliphatic carboxylic acids is 5. The van der Waals surface area contributed by atoms with Crippen molar-refractivity contribution in [3.8, 4) is 11.1 Å². The molecule has 466 valence electrons. The fourth-order valence-electron chi connectivity index (χ4n) is 8.98. The number of H-pyrrole nitrogens is 1. The lowest BCUT2D eigenvalue weighted by atomic mass is 9.99. The van der Waals surface area contributed by atoms with E-state index in [-0.39, 0.29) is 53.7 Å². The molecule has 0 unspecified atom stereocenters. The fourth-order valence-corrected chi connectivity index (χ4v) is 10.3. The van der Waals surface area contributed by atoms with Gasteiger partial charge in [0.1, 0.15) is 36.3 Å². The zero-order chi connectivity index (χ0) is 64.2. The summed E-state index contributed by atoms with van der Waals surface area (Å²) in [5.74, 6) is -15.7. The van der Waals surface area contributed by atoms with Crippen LogP contribution in [-0.4, -0.2) is 177 Å². The number of rotatable bonds is 34. The van der Waals surface area contributed by atoms with Crippen molar-refractivity contribution in [3.05, 3.63) is 112 Å². The van der Waals surface area contributed by atoms with Gasteiger partial charge >= 0.3 is 29.8 Å². The van der Waals surface area contributed by atoms with Crippen molar-refractivity contribution in [2.45, 2.75) is 93.7 Å². The second kappa shape index (κ2) is 31.8. The number of fused-ring (bicyclic) bond motifs is 4. The first-order valence-corrected chi connectivity index (χ1v) is 28.6. The molecule has 31 nitrogen and oxygen atoms in total. The van der Waals surface area contributed by atoms with Crippen LogP contribution in [0.25, 0.3) is 22.3 Å². The number of carboxylic acids is 5. The maximum atomic E-state index is 13.8. The summed E-state index contributed by atoms with van der Waals surface area (Å²) < 4.78 is 0. The number of nitrogens with two attached hydrogens (primary N) is 1. The van der Waals surface area contributed by atoms with Crippen molar-refractivity contribution in [2.24, 2.45) is 0 Å². The molecule has 3 aromatic carbocycles. The number of carbonyl (C=O) groups excluding carboxylic acids is 7. The Kier molecular flexibility index (Phi) is 24.2. The molecule has 6 rings (SSSR count). The SMILES string of the molecule is Nc1nc2ncc(CNc3ccc(C(=O)N[C@@H](CCC(=O)N[C@@H](CC(=O)O)C(=O)N[C@@H](CC(=O)O)C(=O)N[C@@H](CC(=O)O)C(=O)N[C@@H](CNC(=O)CCSCC4c5ccccc5-c5ccccc54)C(=O)N[C@@H](CCS)C(=O)O)C(=O)O)cc3)nc2c(=O)[nH]1. The molecule has 5 aromatic rings. The van der Waals surface area contributed by atoms with Crippen molar-refractivity contribution in [2.75, 3.05) is 34.9 Å². The molecule has 1 aliphatic carbocycles. The van der Waals surface area contributed by atoms with Gasteiger partial charge in [-0.25, -0.2) is 19.6 Å². The van der Waals surface area contributed by atoms with Gasteiger partial charge in [-0.05, 0) is 65.1 Å². The largest absolute Gasteiger partial charge is 0.481 e. The highest BCUT2D eigenvalue weighted by Crippen LogP contribution is 2.45. The second-order valence-electron chi connectivity index (χ2n) is 19.7. The summed E-state index contributed by atoms with van der Waals surface area (Å²) >= 11 is 5.50. The first kappa shape index (κ1) is 67.0. The lowest BCUT2D eigenvalue weighted by molar-refractivity contribution is -0.144. The number of hydrogen-bond donors (Lipinski definition) is 16. The Bertz CT molecular complexity index is 3490. The van der Waals surface area contributed by atoms with E-state index >= 15 is 0 Å². The van der Waals surface area contributed by atoms with E-state index < -0.39 is 152 Å². The van der Waals surface area contributed by atoms with E-state index in [2.05, 4.69) is 64.5 Å². The summed E-state index contributed by atoms with van der Waals surface area (Å²) in [6.07, 6.45) is -4.04. The molecule has 0 fully saturated rings. The quantitative estimate of drug-likeness (QED) is 0.0177. The zero-order valence-corrected chi connectivity index (χ0v) is 48.1. The van der Waals surface area contributed by atoms with Gasteiger partial charge in [-0.2, -0.15) is 29.4 Å². The molecule has 0 radical (unpaired) electrons.